The molecule has 0 bridgehead atoms. The molecule has 0 atom stereocenters. The van der Waals surface area contributed by atoms with Crippen LogP contribution in [0.4, 0.5) is 11.4 Å². The third-order valence-corrected chi connectivity index (χ3v) is 2.55. The lowest BCUT2D eigenvalue weighted by molar-refractivity contribution is -0.116. The molecular formula is C12H18ClN3O. The van der Waals surface area contributed by atoms with Gasteiger partial charge in [0.2, 0.25) is 5.91 Å². The Balaban J connectivity index is 2.81. The Morgan fingerprint density at radius 2 is 2.12 bits per heavy atom. The SMILES string of the molecule is CNCCC(=O)Nc1cc(Cl)ccc1N(C)C. The van der Waals surface area contributed by atoms with Gasteiger partial charge in [-0.3, -0.25) is 4.79 Å². The number of nitrogens with one attached hydrogen (secondary N) is 2. The Bertz CT molecular complexity index is 393. The van der Waals surface area contributed by atoms with Gasteiger partial charge in [0, 0.05) is 32.1 Å². The fourth-order valence-corrected chi connectivity index (χ4v) is 1.62. The van der Waals surface area contributed by atoms with Gasteiger partial charge in [-0.25, -0.2) is 0 Å². The van der Waals surface area contributed by atoms with Gasteiger partial charge in [0.15, 0.2) is 0 Å². The molecule has 1 aromatic rings. The van der Waals surface area contributed by atoms with Gasteiger partial charge >= 0.3 is 0 Å². The number of carbonyl (C=O) groups is 1. The zero-order valence-corrected chi connectivity index (χ0v) is 11.1. The Labute approximate surface area is 107 Å². The Kier molecular flexibility index (Phi) is 5.25. The average molecular weight is 256 g/mol. The van der Waals surface area contributed by atoms with Crippen LogP contribution < -0.4 is 15.5 Å². The van der Waals surface area contributed by atoms with Crippen LogP contribution in [-0.2, 0) is 4.79 Å². The smallest absolute Gasteiger partial charge is 0.225 e. The summed E-state index contributed by atoms with van der Waals surface area (Å²) in [5, 5.41) is 6.41. The van der Waals surface area contributed by atoms with Gasteiger partial charge in [-0.2, -0.15) is 0 Å². The lowest BCUT2D eigenvalue weighted by atomic mass is 10.2. The molecule has 1 aromatic carbocycles. The van der Waals surface area contributed by atoms with Gasteiger partial charge < -0.3 is 15.5 Å². The maximum Gasteiger partial charge on any atom is 0.225 e. The second-order valence-corrected chi connectivity index (χ2v) is 4.39. The molecule has 0 spiro atoms. The van der Waals surface area contributed by atoms with Crippen molar-refractivity contribution in [2.45, 2.75) is 6.42 Å². The summed E-state index contributed by atoms with van der Waals surface area (Å²) in [6, 6.07) is 5.45. The fourth-order valence-electron chi connectivity index (χ4n) is 1.45. The Hall–Kier alpha value is -1.26. The number of anilines is 2. The zero-order valence-electron chi connectivity index (χ0n) is 10.4. The van der Waals surface area contributed by atoms with Crippen molar-refractivity contribution < 1.29 is 4.79 Å². The summed E-state index contributed by atoms with van der Waals surface area (Å²) in [5.74, 6) is -0.0234. The maximum atomic E-state index is 11.6. The van der Waals surface area contributed by atoms with E-state index in [0.717, 1.165) is 11.4 Å². The van der Waals surface area contributed by atoms with Gasteiger partial charge in [-0.1, -0.05) is 11.6 Å². The molecule has 0 aliphatic heterocycles. The summed E-state index contributed by atoms with van der Waals surface area (Å²) in [4.78, 5) is 13.6. The number of hydrogen-bond acceptors (Lipinski definition) is 3. The first-order valence-electron chi connectivity index (χ1n) is 5.46. The van der Waals surface area contributed by atoms with E-state index in [4.69, 9.17) is 11.6 Å². The summed E-state index contributed by atoms with van der Waals surface area (Å²) in [6.45, 7) is 0.656. The normalized spacial score (nSPS) is 10.1. The molecule has 0 aliphatic carbocycles. The van der Waals surface area contributed by atoms with E-state index in [1.54, 1.807) is 12.1 Å². The molecule has 0 fully saturated rings. The molecule has 0 radical (unpaired) electrons. The number of hydrogen-bond donors (Lipinski definition) is 2. The van der Waals surface area contributed by atoms with Crippen LogP contribution in [0.1, 0.15) is 6.42 Å². The van der Waals surface area contributed by atoms with Gasteiger partial charge in [-0.15, -0.1) is 0 Å². The third-order valence-electron chi connectivity index (χ3n) is 2.32. The van der Waals surface area contributed by atoms with Crippen molar-refractivity contribution >= 4 is 28.9 Å². The summed E-state index contributed by atoms with van der Waals surface area (Å²) in [6.07, 6.45) is 0.440. The first-order chi connectivity index (χ1) is 8.04. The number of carbonyl (C=O) groups excluding carboxylic acids is 1. The van der Waals surface area contributed by atoms with E-state index in [0.29, 0.717) is 18.0 Å². The van der Waals surface area contributed by atoms with E-state index >= 15 is 0 Å². The van der Waals surface area contributed by atoms with Gasteiger partial charge in [0.25, 0.3) is 0 Å². The molecule has 1 amide bonds. The van der Waals surface area contributed by atoms with Gasteiger partial charge in [0.1, 0.15) is 0 Å². The molecule has 5 heteroatoms. The number of nitrogens with zero attached hydrogens (tertiary/aromatic N) is 1. The highest BCUT2D eigenvalue weighted by molar-refractivity contribution is 6.31. The van der Waals surface area contributed by atoms with Crippen molar-refractivity contribution in [2.24, 2.45) is 0 Å². The van der Waals surface area contributed by atoms with E-state index in [-0.39, 0.29) is 5.91 Å². The molecule has 0 saturated heterocycles. The minimum Gasteiger partial charge on any atom is -0.376 e. The summed E-state index contributed by atoms with van der Waals surface area (Å²) < 4.78 is 0. The highest BCUT2D eigenvalue weighted by Gasteiger charge is 2.08. The quantitative estimate of drug-likeness (QED) is 0.845. The zero-order chi connectivity index (χ0) is 12.8. The molecule has 4 nitrogen and oxygen atoms in total. The van der Waals surface area contributed by atoms with Crippen LogP contribution >= 0.6 is 11.6 Å². The summed E-state index contributed by atoms with van der Waals surface area (Å²) >= 11 is 5.93. The van der Waals surface area contributed by atoms with E-state index in [1.807, 2.05) is 32.1 Å². The monoisotopic (exact) mass is 255 g/mol. The Morgan fingerprint density at radius 1 is 1.41 bits per heavy atom. The standard InChI is InChI=1S/C12H18ClN3O/c1-14-7-6-12(17)15-10-8-9(13)4-5-11(10)16(2)3/h4-5,8,14H,6-7H2,1-3H3,(H,15,17). The van der Waals surface area contributed by atoms with Crippen LogP contribution in [-0.4, -0.2) is 33.6 Å². The second-order valence-electron chi connectivity index (χ2n) is 3.96. The largest absolute Gasteiger partial charge is 0.376 e. The van der Waals surface area contributed by atoms with Crippen molar-refractivity contribution in [3.63, 3.8) is 0 Å². The fraction of sp³-hybridized carbons (Fsp3) is 0.417. The van der Waals surface area contributed by atoms with E-state index < -0.39 is 0 Å². The first-order valence-corrected chi connectivity index (χ1v) is 5.83. The van der Waals surface area contributed by atoms with Crippen LogP contribution in [0.3, 0.4) is 0 Å². The van der Waals surface area contributed by atoms with Crippen LogP contribution in [0.25, 0.3) is 0 Å². The van der Waals surface area contributed by atoms with E-state index in [2.05, 4.69) is 10.6 Å². The van der Waals surface area contributed by atoms with Crippen molar-refractivity contribution in [1.29, 1.82) is 0 Å². The third kappa shape index (κ3) is 4.24. The molecule has 0 unspecified atom stereocenters. The van der Waals surface area contributed by atoms with Crippen LogP contribution in [0.15, 0.2) is 18.2 Å². The van der Waals surface area contributed by atoms with E-state index in [1.165, 1.54) is 0 Å². The van der Waals surface area contributed by atoms with Gasteiger partial charge in [0.05, 0.1) is 11.4 Å². The summed E-state index contributed by atoms with van der Waals surface area (Å²) in [5.41, 5.74) is 1.68. The van der Waals surface area contributed by atoms with Crippen molar-refractivity contribution in [2.75, 3.05) is 37.9 Å². The summed E-state index contributed by atoms with van der Waals surface area (Å²) in [7, 11) is 5.66. The highest BCUT2D eigenvalue weighted by Crippen LogP contribution is 2.27. The minimum absolute atomic E-state index is 0.0234. The maximum absolute atomic E-state index is 11.6. The van der Waals surface area contributed by atoms with Crippen molar-refractivity contribution in [3.05, 3.63) is 23.2 Å². The number of halogens is 1. The number of amides is 1. The van der Waals surface area contributed by atoms with Crippen molar-refractivity contribution in [3.8, 4) is 0 Å². The number of benzene rings is 1. The molecule has 1 rings (SSSR count). The van der Waals surface area contributed by atoms with Gasteiger partial charge in [-0.05, 0) is 25.2 Å². The molecule has 94 valence electrons. The first kappa shape index (κ1) is 13.8. The minimum atomic E-state index is -0.0234. The van der Waals surface area contributed by atoms with Crippen LogP contribution in [0, 0.1) is 0 Å². The molecular weight excluding hydrogens is 238 g/mol. The van der Waals surface area contributed by atoms with Crippen LogP contribution in [0.5, 0.6) is 0 Å². The molecule has 17 heavy (non-hydrogen) atoms. The Morgan fingerprint density at radius 3 is 2.71 bits per heavy atom. The highest BCUT2D eigenvalue weighted by atomic mass is 35.5. The second kappa shape index (κ2) is 6.47. The lowest BCUT2D eigenvalue weighted by Gasteiger charge is -2.18. The molecule has 2 N–H and O–H groups in total. The topological polar surface area (TPSA) is 44.4 Å². The van der Waals surface area contributed by atoms with Crippen molar-refractivity contribution in [1.82, 2.24) is 5.32 Å². The molecule has 0 aromatic heterocycles. The predicted molar refractivity (Wildman–Crippen MR) is 73.0 cm³/mol. The lowest BCUT2D eigenvalue weighted by Crippen LogP contribution is -2.20. The molecule has 0 aliphatic rings. The van der Waals surface area contributed by atoms with Crippen LogP contribution in [0.2, 0.25) is 5.02 Å². The molecule has 0 heterocycles. The predicted octanol–water partition coefficient (Wildman–Crippen LogP) is 1.95. The number of rotatable bonds is 5. The van der Waals surface area contributed by atoms with E-state index in [9.17, 15) is 4.79 Å². The average Bonchev–Trinajstić information content (AvgIpc) is 2.26. The molecule has 0 saturated carbocycles.